The van der Waals surface area contributed by atoms with Gasteiger partial charge in [-0.15, -0.1) is 0 Å². The van der Waals surface area contributed by atoms with Gasteiger partial charge in [0.15, 0.2) is 0 Å². The first-order valence-electron chi connectivity index (χ1n) is 5.23. The van der Waals surface area contributed by atoms with Crippen LogP contribution in [-0.4, -0.2) is 22.8 Å². The average Bonchev–Trinajstić information content (AvgIpc) is 2.83. The minimum absolute atomic E-state index is 0.0900. The van der Waals surface area contributed by atoms with Crippen LogP contribution >= 0.6 is 11.6 Å². The minimum atomic E-state index is -0.0900. The maximum Gasteiger partial charge on any atom is 0.326 e. The largest absolute Gasteiger partial charge is 0.379 e. The predicted octanol–water partition coefficient (Wildman–Crippen LogP) is 1.94. The van der Waals surface area contributed by atoms with Crippen LogP contribution in [0.3, 0.4) is 0 Å². The molecule has 2 heterocycles. The first kappa shape index (κ1) is 9.93. The fourth-order valence-corrected chi connectivity index (χ4v) is 2.36. The van der Waals surface area contributed by atoms with Gasteiger partial charge in [-0.05, 0) is 24.6 Å². The molecule has 2 aromatic rings. The molecule has 0 amide bonds. The standard InChI is InChI=1S/C11H11ClN2O2/c12-7-1-2-10-9(5-7)13-11(15)14(10)8-3-4-16-6-8/h1-2,5,8H,3-4,6H2,(H,13,15). The highest BCUT2D eigenvalue weighted by atomic mass is 35.5. The van der Waals surface area contributed by atoms with Gasteiger partial charge in [0.05, 0.1) is 23.7 Å². The van der Waals surface area contributed by atoms with Gasteiger partial charge in [-0.1, -0.05) is 11.6 Å². The van der Waals surface area contributed by atoms with Crippen molar-refractivity contribution in [3.8, 4) is 0 Å². The molecule has 1 unspecified atom stereocenters. The van der Waals surface area contributed by atoms with Gasteiger partial charge in [-0.25, -0.2) is 4.79 Å². The van der Waals surface area contributed by atoms with E-state index in [9.17, 15) is 4.79 Å². The molecular weight excluding hydrogens is 228 g/mol. The summed E-state index contributed by atoms with van der Waals surface area (Å²) in [6, 6.07) is 5.57. The zero-order valence-corrected chi connectivity index (χ0v) is 9.33. The van der Waals surface area contributed by atoms with Crippen molar-refractivity contribution in [2.45, 2.75) is 12.5 Å². The average molecular weight is 239 g/mol. The summed E-state index contributed by atoms with van der Waals surface area (Å²) in [7, 11) is 0. The fourth-order valence-electron chi connectivity index (χ4n) is 2.19. The quantitative estimate of drug-likeness (QED) is 0.826. The molecule has 1 aliphatic rings. The van der Waals surface area contributed by atoms with Crippen molar-refractivity contribution in [3.05, 3.63) is 33.7 Å². The van der Waals surface area contributed by atoms with Crippen LogP contribution < -0.4 is 5.69 Å². The maximum atomic E-state index is 11.8. The molecule has 1 N–H and O–H groups in total. The molecule has 0 radical (unpaired) electrons. The number of aromatic nitrogens is 2. The number of rotatable bonds is 1. The molecule has 0 bridgehead atoms. The van der Waals surface area contributed by atoms with Crippen LogP contribution in [0.1, 0.15) is 12.5 Å². The van der Waals surface area contributed by atoms with Crippen LogP contribution in [0.4, 0.5) is 0 Å². The fraction of sp³-hybridized carbons (Fsp3) is 0.364. The molecule has 84 valence electrons. The molecule has 1 aromatic heterocycles. The van der Waals surface area contributed by atoms with E-state index in [4.69, 9.17) is 16.3 Å². The van der Waals surface area contributed by atoms with Crippen molar-refractivity contribution in [3.63, 3.8) is 0 Å². The summed E-state index contributed by atoms with van der Waals surface area (Å²) < 4.78 is 7.07. The lowest BCUT2D eigenvalue weighted by molar-refractivity contribution is 0.186. The molecule has 16 heavy (non-hydrogen) atoms. The second-order valence-corrected chi connectivity index (χ2v) is 4.42. The van der Waals surface area contributed by atoms with Crippen molar-refractivity contribution < 1.29 is 4.74 Å². The third-order valence-electron chi connectivity index (χ3n) is 2.95. The number of halogens is 1. The first-order chi connectivity index (χ1) is 7.75. The van der Waals surface area contributed by atoms with E-state index < -0.39 is 0 Å². The van der Waals surface area contributed by atoms with Crippen molar-refractivity contribution in [2.75, 3.05) is 13.2 Å². The lowest BCUT2D eigenvalue weighted by atomic mass is 10.2. The summed E-state index contributed by atoms with van der Waals surface area (Å²) in [5.41, 5.74) is 1.59. The van der Waals surface area contributed by atoms with Crippen LogP contribution in [0.5, 0.6) is 0 Å². The van der Waals surface area contributed by atoms with Gasteiger partial charge in [0.25, 0.3) is 0 Å². The van der Waals surface area contributed by atoms with E-state index in [1.54, 1.807) is 16.7 Å². The Balaban J connectivity index is 2.23. The van der Waals surface area contributed by atoms with Crippen molar-refractivity contribution in [1.82, 2.24) is 9.55 Å². The molecule has 1 aromatic carbocycles. The third-order valence-corrected chi connectivity index (χ3v) is 3.18. The number of aromatic amines is 1. The Bertz CT molecular complexity index is 581. The molecule has 1 saturated heterocycles. The highest BCUT2D eigenvalue weighted by Gasteiger charge is 2.21. The summed E-state index contributed by atoms with van der Waals surface area (Å²) in [5.74, 6) is 0. The van der Waals surface area contributed by atoms with Gasteiger partial charge in [-0.2, -0.15) is 0 Å². The lowest BCUT2D eigenvalue weighted by Crippen LogP contribution is -2.22. The van der Waals surface area contributed by atoms with Crippen molar-refractivity contribution in [1.29, 1.82) is 0 Å². The second kappa shape index (κ2) is 3.64. The number of hydrogen-bond acceptors (Lipinski definition) is 2. The Morgan fingerprint density at radius 3 is 3.12 bits per heavy atom. The van der Waals surface area contributed by atoms with Gasteiger partial charge in [-0.3, -0.25) is 4.57 Å². The smallest absolute Gasteiger partial charge is 0.326 e. The SMILES string of the molecule is O=c1[nH]c2cc(Cl)ccc2n1C1CCOC1. The van der Waals surface area contributed by atoms with Crippen molar-refractivity contribution in [2.24, 2.45) is 0 Å². The number of fused-ring (bicyclic) bond motifs is 1. The van der Waals surface area contributed by atoms with Crippen molar-refractivity contribution >= 4 is 22.6 Å². The number of hydrogen-bond donors (Lipinski definition) is 1. The zero-order chi connectivity index (χ0) is 11.1. The first-order valence-corrected chi connectivity index (χ1v) is 5.61. The van der Waals surface area contributed by atoms with Crippen LogP contribution in [0, 0.1) is 0 Å². The molecule has 0 saturated carbocycles. The molecule has 4 nitrogen and oxygen atoms in total. The summed E-state index contributed by atoms with van der Waals surface area (Å²) >= 11 is 5.88. The second-order valence-electron chi connectivity index (χ2n) is 3.98. The maximum absolute atomic E-state index is 11.8. The normalized spacial score (nSPS) is 20.7. The van der Waals surface area contributed by atoms with E-state index in [-0.39, 0.29) is 11.7 Å². The van der Waals surface area contributed by atoms with Crippen LogP contribution in [0.2, 0.25) is 5.02 Å². The van der Waals surface area contributed by atoms with Gasteiger partial charge in [0.1, 0.15) is 0 Å². The Morgan fingerprint density at radius 2 is 2.38 bits per heavy atom. The van der Waals surface area contributed by atoms with Gasteiger partial charge < -0.3 is 9.72 Å². The highest BCUT2D eigenvalue weighted by Crippen LogP contribution is 2.23. The van der Waals surface area contributed by atoms with E-state index in [1.807, 2.05) is 6.07 Å². The van der Waals surface area contributed by atoms with Crippen LogP contribution in [-0.2, 0) is 4.74 Å². The number of imidazole rings is 1. The third kappa shape index (κ3) is 1.45. The molecule has 5 heteroatoms. The lowest BCUT2D eigenvalue weighted by Gasteiger charge is -2.09. The van der Waals surface area contributed by atoms with E-state index in [0.717, 1.165) is 24.1 Å². The summed E-state index contributed by atoms with van der Waals surface area (Å²) in [6.07, 6.45) is 0.884. The number of nitrogens with one attached hydrogen (secondary N) is 1. The van der Waals surface area contributed by atoms with E-state index in [1.165, 1.54) is 0 Å². The number of benzene rings is 1. The van der Waals surface area contributed by atoms with E-state index in [2.05, 4.69) is 4.98 Å². The van der Waals surface area contributed by atoms with Crippen LogP contribution in [0.25, 0.3) is 11.0 Å². The molecule has 1 atom stereocenters. The van der Waals surface area contributed by atoms with Gasteiger partial charge in [0.2, 0.25) is 0 Å². The molecule has 1 aliphatic heterocycles. The monoisotopic (exact) mass is 238 g/mol. The minimum Gasteiger partial charge on any atom is -0.379 e. The Kier molecular flexibility index (Phi) is 2.26. The number of H-pyrrole nitrogens is 1. The van der Waals surface area contributed by atoms with E-state index in [0.29, 0.717) is 11.6 Å². The van der Waals surface area contributed by atoms with Gasteiger partial charge in [0, 0.05) is 11.6 Å². The van der Waals surface area contributed by atoms with Crippen LogP contribution in [0.15, 0.2) is 23.0 Å². The Morgan fingerprint density at radius 1 is 1.50 bits per heavy atom. The predicted molar refractivity (Wildman–Crippen MR) is 62.0 cm³/mol. The molecular formula is C11H11ClN2O2. The highest BCUT2D eigenvalue weighted by molar-refractivity contribution is 6.31. The Hall–Kier alpha value is -1.26. The number of ether oxygens (including phenoxy) is 1. The Labute approximate surface area is 96.8 Å². The van der Waals surface area contributed by atoms with E-state index >= 15 is 0 Å². The zero-order valence-electron chi connectivity index (χ0n) is 8.57. The molecule has 0 aliphatic carbocycles. The summed E-state index contributed by atoms with van der Waals surface area (Å²) in [4.78, 5) is 14.7. The molecule has 3 rings (SSSR count). The topological polar surface area (TPSA) is 47.0 Å². The molecule has 0 spiro atoms. The molecule has 1 fully saturated rings. The van der Waals surface area contributed by atoms with Gasteiger partial charge >= 0.3 is 5.69 Å². The number of nitrogens with zero attached hydrogens (tertiary/aromatic N) is 1. The summed E-state index contributed by atoms with van der Waals surface area (Å²) in [6.45, 7) is 1.33. The summed E-state index contributed by atoms with van der Waals surface area (Å²) in [5, 5.41) is 0.628.